The fourth-order valence-electron chi connectivity index (χ4n) is 6.21. The van der Waals surface area contributed by atoms with Crippen LogP contribution in [0.1, 0.15) is 44.4 Å². The normalized spacial score (nSPS) is 32.4. The van der Waals surface area contributed by atoms with Crippen LogP contribution in [0.25, 0.3) is 0 Å². The van der Waals surface area contributed by atoms with Crippen LogP contribution in [-0.4, -0.2) is 61.2 Å². The predicted octanol–water partition coefficient (Wildman–Crippen LogP) is 6.17. The van der Waals surface area contributed by atoms with E-state index in [0.717, 1.165) is 16.7 Å². The molecule has 3 aromatic carbocycles. The number of rotatable bonds is 13. The van der Waals surface area contributed by atoms with Crippen molar-refractivity contribution in [2.75, 3.05) is 13.2 Å². The first kappa shape index (κ1) is 32.8. The third kappa shape index (κ3) is 8.55. The molecule has 238 valence electrons. The van der Waals surface area contributed by atoms with Gasteiger partial charge in [0, 0.05) is 5.92 Å². The molecule has 2 fully saturated rings. The van der Waals surface area contributed by atoms with E-state index in [9.17, 15) is 5.11 Å². The lowest BCUT2D eigenvalue weighted by molar-refractivity contribution is -0.332. The zero-order valence-electron chi connectivity index (χ0n) is 26.4. The maximum absolute atomic E-state index is 11.3. The van der Waals surface area contributed by atoms with Crippen molar-refractivity contribution in [3.05, 3.63) is 108 Å². The minimum Gasteiger partial charge on any atom is -0.390 e. The van der Waals surface area contributed by atoms with Crippen LogP contribution in [0.4, 0.5) is 0 Å². The standard InChI is InChI=1S/C37H48O7/c1-25-26(2)35(28(4)42-32(25)23-39-20-29-14-8-5-9-15-29)44-37-36(41-22-31-18-12-7-13-19-31)27(3)34(38)33(43-37)24-40-21-30-16-10-6-11-17-30/h5-19,25-28,32-38H,20-24H2,1-4H3/t25-,26-,27-,28+,32?,33?,34-,35?,36?,37+/m0/s1. The first-order chi connectivity index (χ1) is 21.4. The Morgan fingerprint density at radius 3 is 1.61 bits per heavy atom. The van der Waals surface area contributed by atoms with Crippen molar-refractivity contribution >= 4 is 0 Å². The summed E-state index contributed by atoms with van der Waals surface area (Å²) in [5, 5.41) is 11.3. The summed E-state index contributed by atoms with van der Waals surface area (Å²) in [5.74, 6) is 0.138. The molecule has 2 aliphatic heterocycles. The van der Waals surface area contributed by atoms with Gasteiger partial charge in [0.25, 0.3) is 0 Å². The summed E-state index contributed by atoms with van der Waals surface area (Å²) in [6, 6.07) is 30.2. The summed E-state index contributed by atoms with van der Waals surface area (Å²) in [7, 11) is 0. The molecule has 0 amide bonds. The van der Waals surface area contributed by atoms with Gasteiger partial charge in [-0.25, -0.2) is 0 Å². The first-order valence-corrected chi connectivity index (χ1v) is 15.9. The van der Waals surface area contributed by atoms with Crippen molar-refractivity contribution in [3.63, 3.8) is 0 Å². The fraction of sp³-hybridized carbons (Fsp3) is 0.514. The summed E-state index contributed by atoms with van der Waals surface area (Å²) in [5.41, 5.74) is 3.27. The molecule has 0 radical (unpaired) electrons. The Morgan fingerprint density at radius 2 is 1.07 bits per heavy atom. The van der Waals surface area contributed by atoms with Crippen molar-refractivity contribution in [2.24, 2.45) is 17.8 Å². The SMILES string of the molecule is C[C@@H]1C(COCc2ccccc2)O[C@H](C)C(O[C@H]2OC(COCc3ccccc3)[C@@H](O)[C@H](C)C2OCc2ccccc2)[C@H]1C. The molecule has 2 saturated heterocycles. The summed E-state index contributed by atoms with van der Waals surface area (Å²) in [6.45, 7) is 10.6. The van der Waals surface area contributed by atoms with Gasteiger partial charge in [0.1, 0.15) is 12.2 Å². The van der Waals surface area contributed by atoms with Crippen molar-refractivity contribution in [1.82, 2.24) is 0 Å². The second-order valence-electron chi connectivity index (χ2n) is 12.4. The van der Waals surface area contributed by atoms with Crippen molar-refractivity contribution in [1.29, 1.82) is 0 Å². The molecule has 1 N–H and O–H groups in total. The molecule has 4 unspecified atom stereocenters. The summed E-state index contributed by atoms with van der Waals surface area (Å²) in [4.78, 5) is 0. The van der Waals surface area contributed by atoms with Gasteiger partial charge >= 0.3 is 0 Å². The second-order valence-corrected chi connectivity index (χ2v) is 12.4. The maximum atomic E-state index is 11.3. The first-order valence-electron chi connectivity index (χ1n) is 15.9. The van der Waals surface area contributed by atoms with Gasteiger partial charge in [-0.2, -0.15) is 0 Å². The molecule has 2 heterocycles. The second kappa shape index (κ2) is 16.1. The number of ether oxygens (including phenoxy) is 6. The molecule has 3 aromatic rings. The molecule has 5 rings (SSSR count). The van der Waals surface area contributed by atoms with Crippen LogP contribution in [0, 0.1) is 17.8 Å². The summed E-state index contributed by atoms with van der Waals surface area (Å²) >= 11 is 0. The van der Waals surface area contributed by atoms with E-state index < -0.39 is 24.6 Å². The van der Waals surface area contributed by atoms with Gasteiger partial charge in [-0.1, -0.05) is 112 Å². The zero-order valence-corrected chi connectivity index (χ0v) is 26.4. The number of aliphatic hydroxyl groups is 1. The lowest BCUT2D eigenvalue weighted by Gasteiger charge is -2.48. The van der Waals surface area contributed by atoms with Crippen LogP contribution >= 0.6 is 0 Å². The van der Waals surface area contributed by atoms with Crippen molar-refractivity contribution < 1.29 is 33.5 Å². The van der Waals surface area contributed by atoms with Crippen LogP contribution in [0.2, 0.25) is 0 Å². The third-order valence-corrected chi connectivity index (χ3v) is 9.16. The Kier molecular flexibility index (Phi) is 12.0. The summed E-state index contributed by atoms with van der Waals surface area (Å²) in [6.07, 6.45) is -2.94. The highest BCUT2D eigenvalue weighted by Crippen LogP contribution is 2.37. The molecule has 0 aromatic heterocycles. The van der Waals surface area contributed by atoms with E-state index in [-0.39, 0.29) is 42.7 Å². The van der Waals surface area contributed by atoms with Crippen molar-refractivity contribution in [3.8, 4) is 0 Å². The summed E-state index contributed by atoms with van der Waals surface area (Å²) < 4.78 is 38.3. The average Bonchev–Trinajstić information content (AvgIpc) is 3.05. The molecule has 0 bridgehead atoms. The van der Waals surface area contributed by atoms with E-state index in [0.29, 0.717) is 26.4 Å². The zero-order chi connectivity index (χ0) is 30.9. The number of benzene rings is 3. The number of hydrogen-bond acceptors (Lipinski definition) is 7. The smallest absolute Gasteiger partial charge is 0.185 e. The van der Waals surface area contributed by atoms with E-state index in [1.54, 1.807) is 0 Å². The van der Waals surface area contributed by atoms with Gasteiger partial charge in [0.2, 0.25) is 0 Å². The Balaban J connectivity index is 1.24. The highest BCUT2D eigenvalue weighted by Gasteiger charge is 2.48. The molecule has 0 aliphatic carbocycles. The molecule has 44 heavy (non-hydrogen) atoms. The minimum atomic E-state index is -0.770. The van der Waals surface area contributed by atoms with Crippen molar-refractivity contribution in [2.45, 2.75) is 90.4 Å². The monoisotopic (exact) mass is 604 g/mol. The van der Waals surface area contributed by atoms with Crippen LogP contribution in [0.15, 0.2) is 91.0 Å². The Bertz CT molecular complexity index is 1220. The molecule has 7 nitrogen and oxygen atoms in total. The Morgan fingerprint density at radius 1 is 0.568 bits per heavy atom. The number of aliphatic hydroxyl groups excluding tert-OH is 1. The van der Waals surface area contributed by atoms with Gasteiger partial charge < -0.3 is 33.5 Å². The molecular weight excluding hydrogens is 556 g/mol. The Labute approximate surface area is 262 Å². The fourth-order valence-corrected chi connectivity index (χ4v) is 6.21. The molecule has 2 aliphatic rings. The van der Waals surface area contributed by atoms with Crippen LogP contribution in [-0.2, 0) is 48.2 Å². The topological polar surface area (TPSA) is 75.6 Å². The van der Waals surface area contributed by atoms with E-state index in [4.69, 9.17) is 28.4 Å². The number of hydrogen-bond donors (Lipinski definition) is 1. The highest BCUT2D eigenvalue weighted by atomic mass is 16.7. The van der Waals surface area contributed by atoms with Crippen LogP contribution in [0.3, 0.4) is 0 Å². The Hall–Kier alpha value is -2.62. The quantitative estimate of drug-likeness (QED) is 0.250. The third-order valence-electron chi connectivity index (χ3n) is 9.16. The predicted molar refractivity (Wildman–Crippen MR) is 169 cm³/mol. The largest absolute Gasteiger partial charge is 0.390 e. The molecule has 0 saturated carbocycles. The van der Waals surface area contributed by atoms with Gasteiger partial charge in [-0.3, -0.25) is 0 Å². The van der Waals surface area contributed by atoms with Gasteiger partial charge in [-0.15, -0.1) is 0 Å². The molecular formula is C37H48O7. The van der Waals surface area contributed by atoms with Gasteiger partial charge in [0.05, 0.1) is 57.5 Å². The van der Waals surface area contributed by atoms with Crippen LogP contribution in [0.5, 0.6) is 0 Å². The molecule has 0 spiro atoms. The van der Waals surface area contributed by atoms with E-state index in [2.05, 4.69) is 32.9 Å². The van der Waals surface area contributed by atoms with E-state index in [1.165, 1.54) is 0 Å². The molecule has 7 heteroatoms. The van der Waals surface area contributed by atoms with E-state index in [1.807, 2.05) is 85.8 Å². The highest BCUT2D eigenvalue weighted by molar-refractivity contribution is 5.15. The minimum absolute atomic E-state index is 0.0409. The molecule has 10 atom stereocenters. The van der Waals surface area contributed by atoms with Crippen LogP contribution < -0.4 is 0 Å². The van der Waals surface area contributed by atoms with Gasteiger partial charge in [0.15, 0.2) is 6.29 Å². The van der Waals surface area contributed by atoms with E-state index >= 15 is 0 Å². The average molecular weight is 605 g/mol. The lowest BCUT2D eigenvalue weighted by atomic mass is 9.81. The van der Waals surface area contributed by atoms with Gasteiger partial charge in [-0.05, 0) is 35.4 Å². The lowest BCUT2D eigenvalue weighted by Crippen LogP contribution is -2.59. The maximum Gasteiger partial charge on any atom is 0.185 e.